The van der Waals surface area contributed by atoms with Gasteiger partial charge in [0.05, 0.1) is 0 Å². The summed E-state index contributed by atoms with van der Waals surface area (Å²) in [7, 11) is 0. The largest absolute Gasteiger partial charge is 0.314 e. The standard InChI is InChI=1S/C13H26N2/c1-4-15(12-9-14-10-12)11-5-7-13(2,3)8-6-11/h11-12,14H,4-10H2,1-3H3. The lowest BCUT2D eigenvalue weighted by Crippen LogP contribution is -2.60. The molecule has 15 heavy (non-hydrogen) atoms. The van der Waals surface area contributed by atoms with Crippen LogP contribution in [0.1, 0.15) is 46.5 Å². The van der Waals surface area contributed by atoms with Gasteiger partial charge in [0.25, 0.3) is 0 Å². The van der Waals surface area contributed by atoms with Crippen LogP contribution in [0.5, 0.6) is 0 Å². The van der Waals surface area contributed by atoms with Gasteiger partial charge in [-0.3, -0.25) is 4.90 Å². The molecule has 0 bridgehead atoms. The smallest absolute Gasteiger partial charge is 0.0348 e. The van der Waals surface area contributed by atoms with Crippen molar-refractivity contribution in [1.82, 2.24) is 10.2 Å². The summed E-state index contributed by atoms with van der Waals surface area (Å²) >= 11 is 0. The minimum absolute atomic E-state index is 0.605. The molecule has 1 saturated heterocycles. The molecule has 0 unspecified atom stereocenters. The third-order valence-electron chi connectivity index (χ3n) is 4.37. The molecule has 2 rings (SSSR count). The van der Waals surface area contributed by atoms with E-state index in [1.807, 2.05) is 0 Å². The van der Waals surface area contributed by atoms with E-state index in [2.05, 4.69) is 31.0 Å². The van der Waals surface area contributed by atoms with Crippen molar-refractivity contribution in [2.24, 2.45) is 5.41 Å². The molecule has 1 aliphatic carbocycles. The highest BCUT2D eigenvalue weighted by molar-refractivity contribution is 4.91. The molecule has 0 spiro atoms. The zero-order chi connectivity index (χ0) is 10.9. The van der Waals surface area contributed by atoms with Gasteiger partial charge in [-0.05, 0) is 37.6 Å². The van der Waals surface area contributed by atoms with E-state index in [0.29, 0.717) is 5.41 Å². The molecule has 2 aliphatic rings. The van der Waals surface area contributed by atoms with Gasteiger partial charge >= 0.3 is 0 Å². The van der Waals surface area contributed by atoms with Crippen molar-refractivity contribution in [2.45, 2.75) is 58.5 Å². The van der Waals surface area contributed by atoms with Crippen LogP contribution in [0.4, 0.5) is 0 Å². The van der Waals surface area contributed by atoms with Crippen molar-refractivity contribution in [3.8, 4) is 0 Å². The van der Waals surface area contributed by atoms with Gasteiger partial charge in [0, 0.05) is 25.2 Å². The summed E-state index contributed by atoms with van der Waals surface area (Å²) in [6, 6.07) is 1.70. The summed E-state index contributed by atoms with van der Waals surface area (Å²) in [5.74, 6) is 0. The number of hydrogen-bond acceptors (Lipinski definition) is 2. The highest BCUT2D eigenvalue weighted by Crippen LogP contribution is 2.37. The van der Waals surface area contributed by atoms with Crippen LogP contribution >= 0.6 is 0 Å². The third kappa shape index (κ3) is 2.54. The zero-order valence-electron chi connectivity index (χ0n) is 10.6. The van der Waals surface area contributed by atoms with E-state index in [0.717, 1.165) is 12.1 Å². The normalized spacial score (nSPS) is 28.0. The number of nitrogens with zero attached hydrogens (tertiary/aromatic N) is 1. The molecule has 1 aliphatic heterocycles. The van der Waals surface area contributed by atoms with E-state index in [4.69, 9.17) is 0 Å². The van der Waals surface area contributed by atoms with Crippen LogP contribution in [-0.4, -0.2) is 36.6 Å². The molecular weight excluding hydrogens is 184 g/mol. The Bertz CT molecular complexity index is 199. The van der Waals surface area contributed by atoms with Crippen molar-refractivity contribution in [3.05, 3.63) is 0 Å². The van der Waals surface area contributed by atoms with Crippen LogP contribution in [0.15, 0.2) is 0 Å². The minimum atomic E-state index is 0.605. The molecule has 1 heterocycles. The van der Waals surface area contributed by atoms with Crippen LogP contribution in [0.2, 0.25) is 0 Å². The number of nitrogens with one attached hydrogen (secondary N) is 1. The summed E-state index contributed by atoms with van der Waals surface area (Å²) < 4.78 is 0. The van der Waals surface area contributed by atoms with Gasteiger partial charge in [-0.15, -0.1) is 0 Å². The van der Waals surface area contributed by atoms with Crippen LogP contribution in [0.25, 0.3) is 0 Å². The Balaban J connectivity index is 1.87. The van der Waals surface area contributed by atoms with Gasteiger partial charge in [-0.2, -0.15) is 0 Å². The molecule has 0 aromatic carbocycles. The van der Waals surface area contributed by atoms with Gasteiger partial charge in [-0.25, -0.2) is 0 Å². The van der Waals surface area contributed by atoms with Crippen LogP contribution in [0, 0.1) is 5.41 Å². The predicted octanol–water partition coefficient (Wildman–Crippen LogP) is 2.25. The molecule has 0 atom stereocenters. The third-order valence-corrected chi connectivity index (χ3v) is 4.37. The Kier molecular flexibility index (Phi) is 3.36. The Morgan fingerprint density at radius 3 is 2.13 bits per heavy atom. The van der Waals surface area contributed by atoms with Crippen molar-refractivity contribution in [2.75, 3.05) is 19.6 Å². The average Bonchev–Trinajstić information content (AvgIpc) is 2.12. The van der Waals surface area contributed by atoms with Crippen molar-refractivity contribution >= 4 is 0 Å². The first-order valence-electron chi connectivity index (χ1n) is 6.59. The molecule has 0 radical (unpaired) electrons. The lowest BCUT2D eigenvalue weighted by atomic mass is 9.75. The molecule has 2 fully saturated rings. The number of hydrogen-bond donors (Lipinski definition) is 1. The average molecular weight is 210 g/mol. The first kappa shape index (κ1) is 11.4. The van der Waals surface area contributed by atoms with E-state index in [1.165, 1.54) is 45.3 Å². The van der Waals surface area contributed by atoms with Gasteiger partial charge in [0.2, 0.25) is 0 Å². The van der Waals surface area contributed by atoms with Crippen molar-refractivity contribution in [3.63, 3.8) is 0 Å². The quantitative estimate of drug-likeness (QED) is 0.768. The fraction of sp³-hybridized carbons (Fsp3) is 1.00. The maximum Gasteiger partial charge on any atom is 0.0348 e. The number of likely N-dealkylation sites (N-methyl/N-ethyl adjacent to an activating group) is 1. The van der Waals surface area contributed by atoms with Crippen LogP contribution in [0.3, 0.4) is 0 Å². The second kappa shape index (κ2) is 4.42. The summed E-state index contributed by atoms with van der Waals surface area (Å²) in [5, 5.41) is 3.39. The molecule has 2 heteroatoms. The molecule has 2 nitrogen and oxygen atoms in total. The highest BCUT2D eigenvalue weighted by Gasteiger charge is 2.34. The number of rotatable bonds is 3. The van der Waals surface area contributed by atoms with Crippen LogP contribution < -0.4 is 5.32 Å². The molecular formula is C13H26N2. The van der Waals surface area contributed by atoms with Gasteiger partial charge in [-0.1, -0.05) is 20.8 Å². The Morgan fingerprint density at radius 2 is 1.73 bits per heavy atom. The predicted molar refractivity (Wildman–Crippen MR) is 65.1 cm³/mol. The van der Waals surface area contributed by atoms with E-state index in [1.54, 1.807) is 0 Å². The first-order valence-corrected chi connectivity index (χ1v) is 6.59. The summed E-state index contributed by atoms with van der Waals surface area (Å²) in [5.41, 5.74) is 0.605. The molecule has 1 N–H and O–H groups in total. The summed E-state index contributed by atoms with van der Waals surface area (Å²) in [6.45, 7) is 10.8. The molecule has 1 saturated carbocycles. The van der Waals surface area contributed by atoms with Crippen LogP contribution in [-0.2, 0) is 0 Å². The van der Waals surface area contributed by atoms with E-state index < -0.39 is 0 Å². The second-order valence-electron chi connectivity index (χ2n) is 6.04. The van der Waals surface area contributed by atoms with Gasteiger partial charge in [0.15, 0.2) is 0 Å². The fourth-order valence-corrected chi connectivity index (χ4v) is 3.04. The summed E-state index contributed by atoms with van der Waals surface area (Å²) in [6.07, 6.45) is 5.65. The highest BCUT2D eigenvalue weighted by atomic mass is 15.2. The Labute approximate surface area is 94.4 Å². The monoisotopic (exact) mass is 210 g/mol. The molecule has 0 aromatic rings. The maximum atomic E-state index is 3.39. The van der Waals surface area contributed by atoms with E-state index in [9.17, 15) is 0 Å². The van der Waals surface area contributed by atoms with Gasteiger partial charge < -0.3 is 5.32 Å². The Hall–Kier alpha value is -0.0800. The second-order valence-corrected chi connectivity index (χ2v) is 6.04. The molecule has 0 amide bonds. The maximum absolute atomic E-state index is 3.39. The van der Waals surface area contributed by atoms with Crippen molar-refractivity contribution < 1.29 is 0 Å². The minimum Gasteiger partial charge on any atom is -0.314 e. The van der Waals surface area contributed by atoms with Crippen molar-refractivity contribution in [1.29, 1.82) is 0 Å². The topological polar surface area (TPSA) is 15.3 Å². The lowest BCUT2D eigenvalue weighted by molar-refractivity contribution is 0.0538. The SMILES string of the molecule is CCN(C1CCC(C)(C)CC1)C1CNC1. The lowest BCUT2D eigenvalue weighted by Gasteiger charge is -2.46. The Morgan fingerprint density at radius 1 is 1.13 bits per heavy atom. The van der Waals surface area contributed by atoms with E-state index in [-0.39, 0.29) is 0 Å². The zero-order valence-corrected chi connectivity index (χ0v) is 10.6. The molecule has 88 valence electrons. The van der Waals surface area contributed by atoms with Gasteiger partial charge in [0.1, 0.15) is 0 Å². The fourth-order valence-electron chi connectivity index (χ4n) is 3.04. The van der Waals surface area contributed by atoms with E-state index >= 15 is 0 Å². The summed E-state index contributed by atoms with van der Waals surface area (Å²) in [4.78, 5) is 2.74. The first-order chi connectivity index (χ1) is 7.12. The molecule has 0 aromatic heterocycles.